The highest BCUT2D eigenvalue weighted by atomic mass is 16.5. The first-order valence-corrected chi connectivity index (χ1v) is 6.40. The lowest BCUT2D eigenvalue weighted by Crippen LogP contribution is -2.37. The number of hydrogen-bond donors (Lipinski definition) is 1. The van der Waals surface area contributed by atoms with E-state index in [2.05, 4.69) is 53.8 Å². The minimum Gasteiger partial charge on any atom is -0.370 e. The van der Waals surface area contributed by atoms with Crippen molar-refractivity contribution in [1.29, 1.82) is 0 Å². The molecule has 2 nitrogen and oxygen atoms in total. The maximum Gasteiger partial charge on any atom is 0.102 e. The van der Waals surface area contributed by atoms with Crippen molar-refractivity contribution in [3.63, 3.8) is 0 Å². The normalized spacial score (nSPS) is 23.8. The highest BCUT2D eigenvalue weighted by molar-refractivity contribution is 5.26. The molecule has 92 valence electrons. The van der Waals surface area contributed by atoms with Crippen LogP contribution in [0.2, 0.25) is 0 Å². The van der Waals surface area contributed by atoms with Gasteiger partial charge in [0.05, 0.1) is 12.6 Å². The van der Waals surface area contributed by atoms with Crippen LogP contribution in [-0.4, -0.2) is 13.2 Å². The largest absolute Gasteiger partial charge is 0.370 e. The molecule has 0 amide bonds. The van der Waals surface area contributed by atoms with E-state index in [1.807, 2.05) is 12.1 Å². The Hall–Kier alpha value is -1.64. The van der Waals surface area contributed by atoms with E-state index in [9.17, 15) is 0 Å². The SMILES string of the molecule is c1ccc([C@H]2OCCN[C@H]2c2ccccc2)cc1. The topological polar surface area (TPSA) is 21.3 Å². The zero-order chi connectivity index (χ0) is 12.2. The predicted octanol–water partition coefficient (Wildman–Crippen LogP) is 3.09. The summed E-state index contributed by atoms with van der Waals surface area (Å²) in [7, 11) is 0. The highest BCUT2D eigenvalue weighted by Crippen LogP contribution is 2.33. The summed E-state index contributed by atoms with van der Waals surface area (Å²) in [6.45, 7) is 1.67. The van der Waals surface area contributed by atoms with Gasteiger partial charge in [-0.05, 0) is 11.1 Å². The first kappa shape index (κ1) is 11.5. The fraction of sp³-hybridized carbons (Fsp3) is 0.250. The second-order valence-electron chi connectivity index (χ2n) is 4.54. The third-order valence-corrected chi connectivity index (χ3v) is 3.35. The van der Waals surface area contributed by atoms with Crippen LogP contribution in [-0.2, 0) is 4.74 Å². The van der Waals surface area contributed by atoms with E-state index in [-0.39, 0.29) is 12.1 Å². The summed E-state index contributed by atoms with van der Waals surface area (Å²) in [6.07, 6.45) is 0.0994. The molecule has 2 heteroatoms. The lowest BCUT2D eigenvalue weighted by molar-refractivity contribution is -0.00632. The number of ether oxygens (including phenoxy) is 1. The summed E-state index contributed by atoms with van der Waals surface area (Å²) in [5, 5.41) is 3.56. The maximum atomic E-state index is 5.97. The molecule has 0 spiro atoms. The van der Waals surface area contributed by atoms with Crippen LogP contribution < -0.4 is 5.32 Å². The van der Waals surface area contributed by atoms with Gasteiger partial charge >= 0.3 is 0 Å². The zero-order valence-corrected chi connectivity index (χ0v) is 10.3. The van der Waals surface area contributed by atoms with Crippen molar-refractivity contribution in [2.75, 3.05) is 13.2 Å². The predicted molar refractivity (Wildman–Crippen MR) is 72.3 cm³/mol. The molecule has 0 bridgehead atoms. The standard InChI is InChI=1S/C16H17NO/c1-3-7-13(8-4-1)15-16(18-12-11-17-15)14-9-5-2-6-10-14/h1-10,15-17H,11-12H2/t15-,16+/m0/s1. The molecule has 0 aromatic heterocycles. The van der Waals surface area contributed by atoms with Gasteiger partial charge in [0.1, 0.15) is 6.10 Å². The van der Waals surface area contributed by atoms with Crippen LogP contribution in [0.5, 0.6) is 0 Å². The fourth-order valence-electron chi connectivity index (χ4n) is 2.49. The highest BCUT2D eigenvalue weighted by Gasteiger charge is 2.27. The number of hydrogen-bond acceptors (Lipinski definition) is 2. The van der Waals surface area contributed by atoms with E-state index in [0.717, 1.165) is 13.2 Å². The summed E-state index contributed by atoms with van der Waals surface area (Å²) in [4.78, 5) is 0. The molecule has 3 rings (SSSR count). The zero-order valence-electron chi connectivity index (χ0n) is 10.3. The summed E-state index contributed by atoms with van der Waals surface area (Å²) < 4.78 is 5.97. The second kappa shape index (κ2) is 5.34. The molecule has 1 aliphatic heterocycles. The molecular formula is C16H17NO. The third kappa shape index (κ3) is 2.30. The van der Waals surface area contributed by atoms with Crippen molar-refractivity contribution in [3.8, 4) is 0 Å². The van der Waals surface area contributed by atoms with Crippen LogP contribution in [0.15, 0.2) is 60.7 Å². The summed E-state index contributed by atoms with van der Waals surface area (Å²) in [5.74, 6) is 0. The smallest absolute Gasteiger partial charge is 0.102 e. The molecule has 1 aliphatic rings. The number of nitrogens with one attached hydrogen (secondary N) is 1. The minimum atomic E-state index is 0.0994. The monoisotopic (exact) mass is 239 g/mol. The van der Waals surface area contributed by atoms with E-state index >= 15 is 0 Å². The Morgan fingerprint density at radius 3 is 2.11 bits per heavy atom. The van der Waals surface area contributed by atoms with Crippen LogP contribution in [0.4, 0.5) is 0 Å². The van der Waals surface area contributed by atoms with Crippen molar-refractivity contribution in [3.05, 3.63) is 71.8 Å². The molecule has 0 unspecified atom stereocenters. The summed E-state index contributed by atoms with van der Waals surface area (Å²) in [6, 6.07) is 21.2. The lowest BCUT2D eigenvalue weighted by atomic mass is 9.94. The van der Waals surface area contributed by atoms with Crippen molar-refractivity contribution < 1.29 is 4.74 Å². The van der Waals surface area contributed by atoms with Gasteiger partial charge < -0.3 is 10.1 Å². The third-order valence-electron chi connectivity index (χ3n) is 3.35. The first-order valence-electron chi connectivity index (χ1n) is 6.40. The molecule has 1 fully saturated rings. The molecule has 1 saturated heterocycles. The van der Waals surface area contributed by atoms with E-state index in [1.54, 1.807) is 0 Å². The van der Waals surface area contributed by atoms with Gasteiger partial charge in [-0.25, -0.2) is 0 Å². The van der Waals surface area contributed by atoms with Crippen LogP contribution in [0, 0.1) is 0 Å². The molecule has 2 aromatic rings. The van der Waals surface area contributed by atoms with Gasteiger partial charge in [-0.1, -0.05) is 60.7 Å². The molecule has 1 N–H and O–H groups in total. The second-order valence-corrected chi connectivity index (χ2v) is 4.54. The molecule has 2 aromatic carbocycles. The number of morpholine rings is 1. The van der Waals surface area contributed by atoms with Crippen LogP contribution in [0.3, 0.4) is 0 Å². The Labute approximate surface area is 108 Å². The van der Waals surface area contributed by atoms with Gasteiger partial charge in [-0.3, -0.25) is 0 Å². The Morgan fingerprint density at radius 1 is 0.833 bits per heavy atom. The quantitative estimate of drug-likeness (QED) is 0.869. The molecule has 0 aliphatic carbocycles. The summed E-state index contributed by atoms with van der Waals surface area (Å²) in [5.41, 5.74) is 2.52. The van der Waals surface area contributed by atoms with E-state index in [1.165, 1.54) is 11.1 Å². The van der Waals surface area contributed by atoms with Gasteiger partial charge in [0.2, 0.25) is 0 Å². The molecular weight excluding hydrogens is 222 g/mol. The van der Waals surface area contributed by atoms with Crippen LogP contribution in [0.25, 0.3) is 0 Å². The average molecular weight is 239 g/mol. The lowest BCUT2D eigenvalue weighted by Gasteiger charge is -2.33. The van der Waals surface area contributed by atoms with Crippen LogP contribution >= 0.6 is 0 Å². The minimum absolute atomic E-state index is 0.0994. The van der Waals surface area contributed by atoms with Gasteiger partial charge in [0.15, 0.2) is 0 Å². The first-order chi connectivity index (χ1) is 8.95. The van der Waals surface area contributed by atoms with Gasteiger partial charge in [-0.2, -0.15) is 0 Å². The molecule has 0 saturated carbocycles. The van der Waals surface area contributed by atoms with Gasteiger partial charge in [-0.15, -0.1) is 0 Å². The van der Waals surface area contributed by atoms with Crippen molar-refractivity contribution in [1.82, 2.24) is 5.32 Å². The average Bonchev–Trinajstić information content (AvgIpc) is 2.49. The van der Waals surface area contributed by atoms with Gasteiger partial charge in [0, 0.05) is 6.54 Å². The number of rotatable bonds is 2. The van der Waals surface area contributed by atoms with E-state index in [0.29, 0.717) is 0 Å². The maximum absolute atomic E-state index is 5.97. The van der Waals surface area contributed by atoms with E-state index < -0.39 is 0 Å². The van der Waals surface area contributed by atoms with E-state index in [4.69, 9.17) is 4.74 Å². The Morgan fingerprint density at radius 2 is 1.44 bits per heavy atom. The van der Waals surface area contributed by atoms with Crippen molar-refractivity contribution in [2.45, 2.75) is 12.1 Å². The van der Waals surface area contributed by atoms with Crippen LogP contribution in [0.1, 0.15) is 23.3 Å². The Balaban J connectivity index is 1.92. The number of benzene rings is 2. The molecule has 2 atom stereocenters. The van der Waals surface area contributed by atoms with Gasteiger partial charge in [0.25, 0.3) is 0 Å². The van der Waals surface area contributed by atoms with Crippen molar-refractivity contribution in [2.24, 2.45) is 0 Å². The van der Waals surface area contributed by atoms with Crippen molar-refractivity contribution >= 4 is 0 Å². The molecule has 1 heterocycles. The fourth-order valence-corrected chi connectivity index (χ4v) is 2.49. The molecule has 18 heavy (non-hydrogen) atoms. The molecule has 0 radical (unpaired) electrons. The Kier molecular flexibility index (Phi) is 3.40. The summed E-state index contributed by atoms with van der Waals surface area (Å²) >= 11 is 0. The Bertz CT molecular complexity index is 435.